The smallest absolute Gasteiger partial charge is 0.178 e. The van der Waals surface area contributed by atoms with Gasteiger partial charge in [-0.1, -0.05) is 54.6 Å². The molecule has 1 atom stereocenters. The zero-order valence-electron chi connectivity index (χ0n) is 27.3. The minimum Gasteiger partial charge on any atom is -0.452 e. The second kappa shape index (κ2) is 11.0. The Bertz CT molecular complexity index is 3030. The lowest BCUT2D eigenvalue weighted by atomic mass is 9.90. The summed E-state index contributed by atoms with van der Waals surface area (Å²) in [4.78, 5) is 0. The van der Waals surface area contributed by atoms with Crippen molar-refractivity contribution >= 4 is 72.1 Å². The van der Waals surface area contributed by atoms with Crippen molar-refractivity contribution in [3.8, 4) is 29.3 Å². The minimum absolute atomic E-state index is 0.179. The van der Waals surface area contributed by atoms with E-state index >= 15 is 0 Å². The van der Waals surface area contributed by atoms with Crippen molar-refractivity contribution in [2.45, 2.75) is 19.3 Å². The molecular formula is C45H26N4O2. The molecule has 0 spiro atoms. The number of fused-ring (bicyclic) bond motifs is 10. The Hall–Kier alpha value is -7.07. The maximum atomic E-state index is 10.5. The summed E-state index contributed by atoms with van der Waals surface area (Å²) < 4.78 is 15.2. The molecule has 0 amide bonds. The number of benzene rings is 5. The summed E-state index contributed by atoms with van der Waals surface area (Å²) in [6.45, 7) is 0. The number of nitrogens with zero attached hydrogens (tertiary/aromatic N) is 4. The monoisotopic (exact) mass is 654 g/mol. The number of aromatic nitrogens is 1. The number of furan rings is 2. The number of hydrogen-bond acceptors (Lipinski definition) is 5. The second-order valence-electron chi connectivity index (χ2n) is 13.2. The Balaban J connectivity index is 1.12. The summed E-state index contributed by atoms with van der Waals surface area (Å²) in [7, 11) is 0. The van der Waals surface area contributed by atoms with Gasteiger partial charge in [0.15, 0.2) is 11.2 Å². The van der Waals surface area contributed by atoms with E-state index in [1.54, 1.807) is 0 Å². The number of nitriles is 3. The molecule has 0 saturated heterocycles. The predicted molar refractivity (Wildman–Crippen MR) is 201 cm³/mol. The maximum Gasteiger partial charge on any atom is 0.178 e. The van der Waals surface area contributed by atoms with Gasteiger partial charge >= 0.3 is 0 Å². The molecule has 0 saturated carbocycles. The summed E-state index contributed by atoms with van der Waals surface area (Å²) in [5.74, 6) is -0.179. The summed E-state index contributed by atoms with van der Waals surface area (Å²) in [6, 6.07) is 39.7. The molecule has 2 aliphatic rings. The van der Waals surface area contributed by atoms with E-state index in [1.807, 2.05) is 60.7 Å². The van der Waals surface area contributed by atoms with Gasteiger partial charge in [-0.3, -0.25) is 0 Å². The molecule has 3 aromatic heterocycles. The molecule has 0 N–H and O–H groups in total. The Morgan fingerprint density at radius 2 is 1.35 bits per heavy atom. The van der Waals surface area contributed by atoms with Crippen LogP contribution in [0.3, 0.4) is 0 Å². The Labute approximate surface area is 292 Å². The first-order valence-electron chi connectivity index (χ1n) is 17.0. The highest BCUT2D eigenvalue weighted by Crippen LogP contribution is 2.45. The molecule has 2 aliphatic carbocycles. The molecule has 6 heteroatoms. The van der Waals surface area contributed by atoms with Crippen LogP contribution in [0.15, 0.2) is 124 Å². The average molecular weight is 655 g/mol. The summed E-state index contributed by atoms with van der Waals surface area (Å²) in [6.07, 6.45) is 8.35. The van der Waals surface area contributed by atoms with E-state index in [0.717, 1.165) is 94.8 Å². The van der Waals surface area contributed by atoms with Crippen LogP contribution >= 0.6 is 0 Å². The molecule has 5 aromatic carbocycles. The molecule has 0 radical (unpaired) electrons. The molecule has 6 nitrogen and oxygen atoms in total. The van der Waals surface area contributed by atoms with Crippen LogP contribution < -0.4 is 0 Å². The Morgan fingerprint density at radius 1 is 0.667 bits per heavy atom. The van der Waals surface area contributed by atoms with Crippen molar-refractivity contribution in [2.75, 3.05) is 0 Å². The standard InChI is InChI=1S/C45H26N4O2/c46-23-26-8-11-28(12-9-26)29-13-18-41-37(21-29)34-15-16-35-38-22-30(14-19-42(38)51-45(35)44(34)50-41)32-6-3-4-31(25-48)43(32)49-39-7-2-1-5-33(39)36-20-27(24-47)10-17-40(36)49/h1-2,5-19,21-22,27H,3-4,20H2. The van der Waals surface area contributed by atoms with E-state index in [4.69, 9.17) is 8.83 Å². The van der Waals surface area contributed by atoms with Crippen LogP contribution in [0.4, 0.5) is 0 Å². The van der Waals surface area contributed by atoms with Gasteiger partial charge in [0.2, 0.25) is 0 Å². The van der Waals surface area contributed by atoms with Gasteiger partial charge in [0, 0.05) is 38.2 Å². The van der Waals surface area contributed by atoms with Crippen LogP contribution in [-0.4, -0.2) is 4.57 Å². The fraction of sp³-hybridized carbons (Fsp3) is 0.0889. The van der Waals surface area contributed by atoms with Gasteiger partial charge in [-0.2, -0.15) is 15.8 Å². The van der Waals surface area contributed by atoms with Gasteiger partial charge < -0.3 is 13.4 Å². The van der Waals surface area contributed by atoms with Crippen LogP contribution in [-0.2, 0) is 6.42 Å². The SMILES string of the molecule is N#CC1=C(n2c3c(c4ccccc42)CC(C#N)C=C3)C(c2ccc3oc4c(ccc5c6cc(-c7ccc(C#N)cc7)ccc6oc54)c3c2)=CCC1. The fourth-order valence-corrected chi connectivity index (χ4v) is 8.05. The van der Waals surface area contributed by atoms with Gasteiger partial charge in [0.1, 0.15) is 11.2 Å². The van der Waals surface area contributed by atoms with Crippen molar-refractivity contribution in [3.05, 3.63) is 137 Å². The number of para-hydroxylation sites is 1. The topological polar surface area (TPSA) is 103 Å². The fourth-order valence-electron chi connectivity index (χ4n) is 8.05. The van der Waals surface area contributed by atoms with Gasteiger partial charge in [-0.25, -0.2) is 0 Å². The third-order valence-corrected chi connectivity index (χ3v) is 10.5. The lowest BCUT2D eigenvalue weighted by Crippen LogP contribution is -2.11. The third-order valence-electron chi connectivity index (χ3n) is 10.5. The number of hydrogen-bond donors (Lipinski definition) is 0. The summed E-state index contributed by atoms with van der Waals surface area (Å²) >= 11 is 0. The molecule has 51 heavy (non-hydrogen) atoms. The molecule has 0 aliphatic heterocycles. The molecule has 3 heterocycles. The van der Waals surface area contributed by atoms with E-state index in [9.17, 15) is 15.8 Å². The van der Waals surface area contributed by atoms with Crippen LogP contribution in [0.1, 0.15) is 35.2 Å². The van der Waals surface area contributed by atoms with Crippen LogP contribution in [0.2, 0.25) is 0 Å². The van der Waals surface area contributed by atoms with Crippen molar-refractivity contribution in [1.82, 2.24) is 4.57 Å². The number of allylic oxidation sites excluding steroid dienone is 5. The maximum absolute atomic E-state index is 10.5. The van der Waals surface area contributed by atoms with Gasteiger partial charge in [-0.15, -0.1) is 0 Å². The highest BCUT2D eigenvalue weighted by Gasteiger charge is 2.28. The van der Waals surface area contributed by atoms with Crippen molar-refractivity contribution < 1.29 is 8.83 Å². The molecule has 1 unspecified atom stereocenters. The molecular weight excluding hydrogens is 629 g/mol. The van der Waals surface area contributed by atoms with Crippen molar-refractivity contribution in [2.24, 2.45) is 5.92 Å². The Morgan fingerprint density at radius 3 is 2.06 bits per heavy atom. The van der Waals surface area contributed by atoms with E-state index in [-0.39, 0.29) is 5.92 Å². The quantitative estimate of drug-likeness (QED) is 0.189. The average Bonchev–Trinajstić information content (AvgIpc) is 3.86. The molecule has 0 bridgehead atoms. The predicted octanol–water partition coefficient (Wildman–Crippen LogP) is 11.3. The van der Waals surface area contributed by atoms with Crippen LogP contribution in [0.5, 0.6) is 0 Å². The summed E-state index contributed by atoms with van der Waals surface area (Å²) in [5.41, 5.74) is 12.5. The van der Waals surface area contributed by atoms with E-state index in [2.05, 4.69) is 77.4 Å². The lowest BCUT2D eigenvalue weighted by Gasteiger charge is -2.24. The first-order valence-corrected chi connectivity index (χ1v) is 17.0. The van der Waals surface area contributed by atoms with E-state index < -0.39 is 0 Å². The molecule has 0 fully saturated rings. The summed E-state index contributed by atoms with van der Waals surface area (Å²) in [5, 5.41) is 34.4. The normalized spacial score (nSPS) is 15.7. The Kier molecular flexibility index (Phi) is 6.22. The lowest BCUT2D eigenvalue weighted by molar-refractivity contribution is 0.633. The molecule has 8 aromatic rings. The highest BCUT2D eigenvalue weighted by molar-refractivity contribution is 6.20. The highest BCUT2D eigenvalue weighted by atomic mass is 16.4. The zero-order chi connectivity index (χ0) is 34.2. The third kappa shape index (κ3) is 4.26. The van der Waals surface area contributed by atoms with Crippen LogP contribution in [0.25, 0.3) is 83.3 Å². The number of rotatable bonds is 3. The molecule has 10 rings (SSSR count). The molecule has 238 valence electrons. The first-order chi connectivity index (χ1) is 25.1. The first kappa shape index (κ1) is 28.9. The van der Waals surface area contributed by atoms with Crippen molar-refractivity contribution in [1.29, 1.82) is 15.8 Å². The zero-order valence-corrected chi connectivity index (χ0v) is 27.3. The van der Waals surface area contributed by atoms with Crippen molar-refractivity contribution in [3.63, 3.8) is 0 Å². The van der Waals surface area contributed by atoms with Gasteiger partial charge in [0.05, 0.1) is 46.5 Å². The minimum atomic E-state index is -0.179. The van der Waals surface area contributed by atoms with Crippen LogP contribution in [0, 0.1) is 39.9 Å². The van der Waals surface area contributed by atoms with E-state index in [0.29, 0.717) is 29.6 Å². The largest absolute Gasteiger partial charge is 0.452 e. The van der Waals surface area contributed by atoms with E-state index in [1.165, 1.54) is 0 Å². The second-order valence-corrected chi connectivity index (χ2v) is 13.2. The van der Waals surface area contributed by atoms with Gasteiger partial charge in [0.25, 0.3) is 0 Å². The van der Waals surface area contributed by atoms with Gasteiger partial charge in [-0.05, 0) is 102 Å².